The zero-order chi connectivity index (χ0) is 21.1. The molecule has 30 heavy (non-hydrogen) atoms. The zero-order valence-electron chi connectivity index (χ0n) is 17.0. The molecule has 0 atom stereocenters. The quantitative estimate of drug-likeness (QED) is 0.567. The number of rotatable bonds is 5. The highest BCUT2D eigenvalue weighted by Crippen LogP contribution is 2.33. The van der Waals surface area contributed by atoms with Crippen molar-refractivity contribution in [1.82, 2.24) is 15.8 Å². The fourth-order valence-corrected chi connectivity index (χ4v) is 4.63. The van der Waals surface area contributed by atoms with E-state index in [0.29, 0.717) is 17.9 Å². The third kappa shape index (κ3) is 4.17. The first-order valence-electron chi connectivity index (χ1n) is 10.7. The minimum atomic E-state index is -0.911. The van der Waals surface area contributed by atoms with Gasteiger partial charge in [0.05, 0.1) is 6.42 Å². The van der Waals surface area contributed by atoms with Crippen molar-refractivity contribution in [1.29, 1.82) is 0 Å². The minimum Gasteiger partial charge on any atom is -0.455 e. The number of hydrazine groups is 1. The van der Waals surface area contributed by atoms with Crippen molar-refractivity contribution in [3.8, 4) is 0 Å². The molecule has 4 rings (SSSR count). The van der Waals surface area contributed by atoms with Crippen molar-refractivity contribution >= 4 is 23.8 Å². The van der Waals surface area contributed by atoms with Gasteiger partial charge in [-0.05, 0) is 55.2 Å². The topological polar surface area (TPSA) is 105 Å². The van der Waals surface area contributed by atoms with Gasteiger partial charge in [-0.3, -0.25) is 19.8 Å². The van der Waals surface area contributed by atoms with Crippen LogP contribution in [-0.2, 0) is 38.4 Å². The Morgan fingerprint density at radius 3 is 2.53 bits per heavy atom. The number of esters is 1. The Bertz CT molecular complexity index is 876. The molecule has 1 spiro atoms. The number of amides is 4. The Morgan fingerprint density at radius 1 is 1.03 bits per heavy atom. The summed E-state index contributed by atoms with van der Waals surface area (Å²) in [5.41, 5.74) is 4.82. The second-order valence-corrected chi connectivity index (χ2v) is 8.40. The van der Waals surface area contributed by atoms with Gasteiger partial charge in [-0.2, -0.15) is 5.01 Å². The van der Waals surface area contributed by atoms with E-state index >= 15 is 0 Å². The third-order valence-electron chi connectivity index (χ3n) is 6.23. The highest BCUT2D eigenvalue weighted by molar-refractivity contribution is 6.08. The molecule has 160 valence electrons. The average Bonchev–Trinajstić information content (AvgIpc) is 2.96. The maximum absolute atomic E-state index is 12.6. The van der Waals surface area contributed by atoms with Crippen LogP contribution in [0.1, 0.15) is 61.6 Å². The molecule has 8 nitrogen and oxygen atoms in total. The van der Waals surface area contributed by atoms with Crippen LogP contribution in [0.15, 0.2) is 18.2 Å². The average molecular weight is 413 g/mol. The standard InChI is InChI=1S/C22H27N3O5/c26-18(24-25-20(28)22(23-21(25)29)10-4-1-5-11-22)14-30-19(27)13-15-8-9-16-6-2-3-7-17(16)12-15/h8-9,12H,1-7,10-11,13-14H2,(H,23,29)(H,24,26). The molecule has 0 bridgehead atoms. The summed E-state index contributed by atoms with van der Waals surface area (Å²) in [4.78, 5) is 49.1. The minimum absolute atomic E-state index is 0.0762. The van der Waals surface area contributed by atoms with E-state index in [1.54, 1.807) is 0 Å². The van der Waals surface area contributed by atoms with Gasteiger partial charge in [0, 0.05) is 0 Å². The second kappa shape index (κ2) is 8.45. The molecule has 0 unspecified atom stereocenters. The molecule has 1 saturated heterocycles. The molecule has 1 aromatic rings. The van der Waals surface area contributed by atoms with Crippen LogP contribution in [0, 0.1) is 0 Å². The van der Waals surface area contributed by atoms with Gasteiger partial charge < -0.3 is 10.1 Å². The summed E-state index contributed by atoms with van der Waals surface area (Å²) >= 11 is 0. The molecule has 1 aliphatic heterocycles. The molecule has 2 N–H and O–H groups in total. The summed E-state index contributed by atoms with van der Waals surface area (Å²) < 4.78 is 5.05. The number of fused-ring (bicyclic) bond motifs is 1. The largest absolute Gasteiger partial charge is 0.455 e. The lowest BCUT2D eigenvalue weighted by Crippen LogP contribution is -2.51. The van der Waals surface area contributed by atoms with Crippen molar-refractivity contribution < 1.29 is 23.9 Å². The Kier molecular flexibility index (Phi) is 5.74. The number of carbonyl (C=O) groups excluding carboxylic acids is 4. The lowest BCUT2D eigenvalue weighted by atomic mass is 9.82. The van der Waals surface area contributed by atoms with Crippen molar-refractivity contribution in [2.45, 2.75) is 69.7 Å². The van der Waals surface area contributed by atoms with Crippen LogP contribution in [0.25, 0.3) is 0 Å². The van der Waals surface area contributed by atoms with Crippen molar-refractivity contribution in [2.75, 3.05) is 6.61 Å². The molecule has 1 aromatic carbocycles. The smallest absolute Gasteiger partial charge is 0.344 e. The zero-order valence-corrected chi connectivity index (χ0v) is 17.0. The molecule has 2 fully saturated rings. The van der Waals surface area contributed by atoms with Gasteiger partial charge in [0.15, 0.2) is 6.61 Å². The number of hydrogen-bond acceptors (Lipinski definition) is 5. The van der Waals surface area contributed by atoms with Crippen LogP contribution in [0.3, 0.4) is 0 Å². The van der Waals surface area contributed by atoms with Crippen molar-refractivity contribution in [2.24, 2.45) is 0 Å². The number of hydrogen-bond donors (Lipinski definition) is 2. The highest BCUT2D eigenvalue weighted by Gasteiger charge is 2.52. The predicted molar refractivity (Wildman–Crippen MR) is 107 cm³/mol. The normalized spacial score (nSPS) is 19.9. The molecule has 4 amide bonds. The summed E-state index contributed by atoms with van der Waals surface area (Å²) in [5.74, 6) is -1.69. The molecule has 1 saturated carbocycles. The third-order valence-corrected chi connectivity index (χ3v) is 6.23. The molecule has 1 heterocycles. The van der Waals surface area contributed by atoms with E-state index in [1.807, 2.05) is 12.1 Å². The van der Waals surface area contributed by atoms with E-state index in [2.05, 4.69) is 16.8 Å². The van der Waals surface area contributed by atoms with Crippen LogP contribution >= 0.6 is 0 Å². The number of benzene rings is 1. The second-order valence-electron chi connectivity index (χ2n) is 8.40. The van der Waals surface area contributed by atoms with E-state index in [0.717, 1.165) is 44.1 Å². The number of ether oxygens (including phenoxy) is 1. The number of aryl methyl sites for hydroxylation is 2. The van der Waals surface area contributed by atoms with Gasteiger partial charge in [0.1, 0.15) is 5.54 Å². The molecule has 0 radical (unpaired) electrons. The first kappa shape index (κ1) is 20.4. The Hall–Kier alpha value is -2.90. The first-order valence-corrected chi connectivity index (χ1v) is 10.7. The summed E-state index contributed by atoms with van der Waals surface area (Å²) in [5, 5.41) is 3.43. The van der Waals surface area contributed by atoms with Crippen molar-refractivity contribution in [3.05, 3.63) is 34.9 Å². The van der Waals surface area contributed by atoms with E-state index in [-0.39, 0.29) is 6.42 Å². The number of carbonyl (C=O) groups is 4. The van der Waals surface area contributed by atoms with Crippen molar-refractivity contribution in [3.63, 3.8) is 0 Å². The number of urea groups is 1. The van der Waals surface area contributed by atoms with E-state index < -0.39 is 36.0 Å². The summed E-state index contributed by atoms with van der Waals surface area (Å²) in [6.45, 7) is -0.548. The fraction of sp³-hybridized carbons (Fsp3) is 0.545. The Balaban J connectivity index is 1.27. The molecular formula is C22H27N3O5. The van der Waals surface area contributed by atoms with Crippen LogP contribution in [0.5, 0.6) is 0 Å². The van der Waals surface area contributed by atoms with Gasteiger partial charge >= 0.3 is 12.0 Å². The van der Waals surface area contributed by atoms with Gasteiger partial charge in [0.25, 0.3) is 11.8 Å². The number of imide groups is 1. The first-order chi connectivity index (χ1) is 14.5. The fourth-order valence-electron chi connectivity index (χ4n) is 4.63. The molecular weight excluding hydrogens is 386 g/mol. The Labute approximate surface area is 175 Å². The van der Waals surface area contributed by atoms with Gasteiger partial charge in [-0.1, -0.05) is 37.5 Å². The maximum atomic E-state index is 12.6. The highest BCUT2D eigenvalue weighted by atomic mass is 16.5. The van der Waals surface area contributed by atoms with Gasteiger partial charge in [0.2, 0.25) is 0 Å². The molecule has 2 aliphatic carbocycles. The van der Waals surface area contributed by atoms with Gasteiger partial charge in [-0.25, -0.2) is 4.79 Å². The molecule has 0 aromatic heterocycles. The van der Waals surface area contributed by atoms with Gasteiger partial charge in [-0.15, -0.1) is 0 Å². The van der Waals surface area contributed by atoms with E-state index in [4.69, 9.17) is 4.74 Å². The maximum Gasteiger partial charge on any atom is 0.344 e. The van der Waals surface area contributed by atoms with Crippen LogP contribution in [0.4, 0.5) is 4.79 Å². The molecule has 8 heteroatoms. The van der Waals surface area contributed by atoms with Crippen LogP contribution in [-0.4, -0.2) is 41.0 Å². The molecule has 3 aliphatic rings. The monoisotopic (exact) mass is 413 g/mol. The van der Waals surface area contributed by atoms with E-state index in [9.17, 15) is 19.2 Å². The lowest BCUT2D eigenvalue weighted by Gasteiger charge is -2.30. The van der Waals surface area contributed by atoms with Crippen LogP contribution in [0.2, 0.25) is 0 Å². The number of nitrogens with zero attached hydrogens (tertiary/aromatic N) is 1. The summed E-state index contributed by atoms with van der Waals surface area (Å²) in [6.07, 6.45) is 8.40. The Morgan fingerprint density at radius 2 is 1.77 bits per heavy atom. The number of nitrogens with one attached hydrogen (secondary N) is 2. The SMILES string of the molecule is O=C(COC(=O)Cc1ccc2c(c1)CCCC2)NN1C(=O)NC2(CCCCC2)C1=O. The van der Waals surface area contributed by atoms with E-state index in [1.165, 1.54) is 17.5 Å². The van der Waals surface area contributed by atoms with Crippen LogP contribution < -0.4 is 10.7 Å². The lowest BCUT2D eigenvalue weighted by molar-refractivity contribution is -0.150. The summed E-state index contributed by atoms with van der Waals surface area (Å²) in [7, 11) is 0. The summed E-state index contributed by atoms with van der Waals surface area (Å²) in [6, 6.07) is 5.37. The predicted octanol–water partition coefficient (Wildman–Crippen LogP) is 1.94.